The standard InChI is InChI=1S/C28H36N8O4S/c1-8-27(37)30-20-17-21(25(40-7)18-23(20)34(6)15-14-33(4)5)31-28-29-13-12-26(32-28)36-22-11-10-19(3)16-24(22)35(9-2)41(36,38)39/h8,10-13,16-18H,1,9,14-15H2,2-7H3,(H,30,37)(H,29,31,32). The van der Waals surface area contributed by atoms with Crippen LogP contribution in [-0.4, -0.2) is 77.1 Å². The van der Waals surface area contributed by atoms with Gasteiger partial charge in [-0.1, -0.05) is 12.6 Å². The van der Waals surface area contributed by atoms with E-state index in [1.807, 2.05) is 51.2 Å². The summed E-state index contributed by atoms with van der Waals surface area (Å²) >= 11 is 0. The Kier molecular flexibility index (Phi) is 8.69. The minimum absolute atomic E-state index is 0.148. The first kappa shape index (κ1) is 29.6. The maximum atomic E-state index is 13.5. The lowest BCUT2D eigenvalue weighted by Gasteiger charge is -2.26. The van der Waals surface area contributed by atoms with Gasteiger partial charge in [-0.15, -0.1) is 0 Å². The third-order valence-corrected chi connectivity index (χ3v) is 8.42. The number of carbonyl (C=O) groups is 1. The molecule has 0 radical (unpaired) electrons. The lowest BCUT2D eigenvalue weighted by Crippen LogP contribution is -2.35. The molecule has 0 saturated carbocycles. The molecule has 2 heterocycles. The number of carbonyl (C=O) groups excluding carboxylic acids is 1. The Morgan fingerprint density at radius 2 is 1.85 bits per heavy atom. The Hall–Kier alpha value is -4.36. The van der Waals surface area contributed by atoms with E-state index in [1.54, 1.807) is 32.2 Å². The lowest BCUT2D eigenvalue weighted by atomic mass is 10.2. The number of anilines is 7. The number of methoxy groups -OCH3 is 1. The van der Waals surface area contributed by atoms with E-state index >= 15 is 0 Å². The van der Waals surface area contributed by atoms with Gasteiger partial charge in [0.25, 0.3) is 0 Å². The maximum Gasteiger partial charge on any atom is 0.332 e. The summed E-state index contributed by atoms with van der Waals surface area (Å²) in [5.74, 6) is 0.446. The summed E-state index contributed by atoms with van der Waals surface area (Å²) in [5.41, 5.74) is 3.81. The Bertz CT molecular complexity index is 1560. The van der Waals surface area contributed by atoms with Gasteiger partial charge in [0.1, 0.15) is 5.75 Å². The second kappa shape index (κ2) is 12.0. The average molecular weight is 581 g/mol. The molecular weight excluding hydrogens is 544 g/mol. The van der Waals surface area contributed by atoms with Gasteiger partial charge in [-0.2, -0.15) is 13.4 Å². The number of hydrogen-bond donors (Lipinski definition) is 2. The summed E-state index contributed by atoms with van der Waals surface area (Å²) in [6, 6.07) is 10.6. The summed E-state index contributed by atoms with van der Waals surface area (Å²) < 4.78 is 35.3. The number of ether oxygens (including phenoxy) is 1. The van der Waals surface area contributed by atoms with E-state index in [2.05, 4.69) is 32.1 Å². The zero-order valence-corrected chi connectivity index (χ0v) is 25.0. The van der Waals surface area contributed by atoms with Crippen LogP contribution in [0.2, 0.25) is 0 Å². The molecule has 41 heavy (non-hydrogen) atoms. The molecule has 1 amide bonds. The molecule has 0 atom stereocenters. The van der Waals surface area contributed by atoms with Gasteiger partial charge in [0.15, 0.2) is 5.82 Å². The fraction of sp³-hybridized carbons (Fsp3) is 0.321. The van der Waals surface area contributed by atoms with Gasteiger partial charge < -0.3 is 25.2 Å². The average Bonchev–Trinajstić information content (AvgIpc) is 3.16. The van der Waals surface area contributed by atoms with Crippen LogP contribution < -0.4 is 28.9 Å². The molecule has 2 N–H and O–H groups in total. The van der Waals surface area contributed by atoms with Crippen LogP contribution in [-0.2, 0) is 15.0 Å². The van der Waals surface area contributed by atoms with E-state index in [9.17, 15) is 13.2 Å². The summed E-state index contributed by atoms with van der Waals surface area (Å²) in [6.45, 7) is 9.03. The number of benzene rings is 2. The fourth-order valence-corrected chi connectivity index (χ4v) is 6.14. The van der Waals surface area contributed by atoms with Crippen molar-refractivity contribution in [3.8, 4) is 5.75 Å². The highest BCUT2D eigenvalue weighted by Gasteiger charge is 2.41. The number of aryl methyl sites for hydroxylation is 1. The fourth-order valence-electron chi connectivity index (χ4n) is 4.48. The highest BCUT2D eigenvalue weighted by atomic mass is 32.2. The number of fused-ring (bicyclic) bond motifs is 1. The summed E-state index contributed by atoms with van der Waals surface area (Å²) in [6.07, 6.45) is 2.68. The molecule has 0 saturated heterocycles. The molecule has 4 rings (SSSR count). The van der Waals surface area contributed by atoms with E-state index in [1.165, 1.54) is 20.9 Å². The molecular formula is C28H36N8O4S. The van der Waals surface area contributed by atoms with Crippen LogP contribution in [0.25, 0.3) is 0 Å². The number of rotatable bonds is 11. The SMILES string of the molecule is C=CC(=O)Nc1cc(Nc2nccc(N3c4ccc(C)cc4N(CC)S3(=O)=O)n2)c(OC)cc1N(C)CCN(C)C. The van der Waals surface area contributed by atoms with Gasteiger partial charge in [0.2, 0.25) is 11.9 Å². The van der Waals surface area contributed by atoms with Crippen LogP contribution in [0.5, 0.6) is 5.75 Å². The molecule has 218 valence electrons. The van der Waals surface area contributed by atoms with Crippen LogP contribution in [0.1, 0.15) is 12.5 Å². The van der Waals surface area contributed by atoms with Crippen molar-refractivity contribution in [3.63, 3.8) is 0 Å². The van der Waals surface area contributed by atoms with Crippen molar-refractivity contribution in [1.82, 2.24) is 14.9 Å². The predicted molar refractivity (Wildman–Crippen MR) is 164 cm³/mol. The number of hydrogen-bond acceptors (Lipinski definition) is 9. The van der Waals surface area contributed by atoms with Crippen molar-refractivity contribution in [2.24, 2.45) is 0 Å². The summed E-state index contributed by atoms with van der Waals surface area (Å²) in [5, 5.41) is 5.99. The first-order valence-electron chi connectivity index (χ1n) is 13.0. The minimum atomic E-state index is -3.90. The van der Waals surface area contributed by atoms with Crippen molar-refractivity contribution in [2.45, 2.75) is 13.8 Å². The maximum absolute atomic E-state index is 13.5. The third kappa shape index (κ3) is 6.05. The van der Waals surface area contributed by atoms with Crippen LogP contribution in [0.15, 0.2) is 55.3 Å². The topological polar surface area (TPSA) is 123 Å². The minimum Gasteiger partial charge on any atom is -0.494 e. The molecule has 1 aliphatic heterocycles. The van der Waals surface area contributed by atoms with Gasteiger partial charge >= 0.3 is 10.2 Å². The van der Waals surface area contributed by atoms with Crippen LogP contribution in [0.4, 0.5) is 40.2 Å². The Labute approximate surface area is 241 Å². The van der Waals surface area contributed by atoms with E-state index in [-0.39, 0.29) is 24.2 Å². The Morgan fingerprint density at radius 3 is 2.51 bits per heavy atom. The molecule has 1 aromatic heterocycles. The second-order valence-corrected chi connectivity index (χ2v) is 11.5. The van der Waals surface area contributed by atoms with E-state index < -0.39 is 10.2 Å². The first-order chi connectivity index (χ1) is 19.5. The molecule has 13 heteroatoms. The summed E-state index contributed by atoms with van der Waals surface area (Å²) in [4.78, 5) is 25.2. The largest absolute Gasteiger partial charge is 0.494 e. The monoisotopic (exact) mass is 580 g/mol. The van der Waals surface area contributed by atoms with Gasteiger partial charge in [0.05, 0.1) is 35.5 Å². The number of likely N-dealkylation sites (N-methyl/N-ethyl adjacent to an activating group) is 2. The Balaban J connectivity index is 1.73. The lowest BCUT2D eigenvalue weighted by molar-refractivity contribution is -0.111. The zero-order chi connectivity index (χ0) is 29.9. The Morgan fingerprint density at radius 1 is 1.10 bits per heavy atom. The third-order valence-electron chi connectivity index (χ3n) is 6.57. The van der Waals surface area contributed by atoms with Crippen molar-refractivity contribution >= 4 is 56.3 Å². The molecule has 0 unspecified atom stereocenters. The van der Waals surface area contributed by atoms with Gasteiger partial charge in [0, 0.05) is 45.0 Å². The zero-order valence-electron chi connectivity index (χ0n) is 24.2. The first-order valence-corrected chi connectivity index (χ1v) is 14.4. The molecule has 0 bridgehead atoms. The van der Waals surface area contributed by atoms with E-state index in [0.29, 0.717) is 35.0 Å². The van der Waals surface area contributed by atoms with Crippen molar-refractivity contribution in [1.29, 1.82) is 0 Å². The number of amides is 1. The normalized spacial score (nSPS) is 13.6. The predicted octanol–water partition coefficient (Wildman–Crippen LogP) is 3.88. The molecule has 2 aromatic carbocycles. The van der Waals surface area contributed by atoms with Gasteiger partial charge in [-0.25, -0.2) is 9.29 Å². The number of aromatic nitrogens is 2. The van der Waals surface area contributed by atoms with Crippen LogP contribution in [0.3, 0.4) is 0 Å². The van der Waals surface area contributed by atoms with E-state index in [0.717, 1.165) is 17.8 Å². The molecule has 3 aromatic rings. The van der Waals surface area contributed by atoms with Crippen molar-refractivity contribution < 1.29 is 17.9 Å². The van der Waals surface area contributed by atoms with Gasteiger partial charge in [-0.05, 0) is 57.8 Å². The highest BCUT2D eigenvalue weighted by Crippen LogP contribution is 2.45. The van der Waals surface area contributed by atoms with E-state index in [4.69, 9.17) is 4.74 Å². The smallest absolute Gasteiger partial charge is 0.332 e. The van der Waals surface area contributed by atoms with Crippen LogP contribution >= 0.6 is 0 Å². The molecule has 0 spiro atoms. The van der Waals surface area contributed by atoms with Crippen molar-refractivity contribution in [3.05, 3.63) is 60.8 Å². The number of nitrogens with one attached hydrogen (secondary N) is 2. The van der Waals surface area contributed by atoms with Crippen LogP contribution in [0, 0.1) is 6.92 Å². The second-order valence-electron chi connectivity index (χ2n) is 9.78. The molecule has 0 aliphatic carbocycles. The quantitative estimate of drug-likeness (QED) is 0.325. The van der Waals surface area contributed by atoms with Crippen molar-refractivity contribution in [2.75, 3.05) is 72.0 Å². The summed E-state index contributed by atoms with van der Waals surface area (Å²) in [7, 11) is 3.54. The molecule has 0 fully saturated rings. The van der Waals surface area contributed by atoms with Gasteiger partial charge in [-0.3, -0.25) is 9.10 Å². The molecule has 1 aliphatic rings. The number of nitrogens with zero attached hydrogens (tertiary/aromatic N) is 6. The highest BCUT2D eigenvalue weighted by molar-refractivity contribution is 7.95. The molecule has 12 nitrogen and oxygen atoms in total.